The Kier molecular flexibility index (Phi) is 10.3. The molecule has 3 rings (SSSR count). The number of benzene rings is 1. The standard InChI is InChI=1S/C26H40N3O4P/c1-5-15-29(16-6-2)34(31-17-11-14-27)33-24-23-20(4)18-26(24,7-3)32-22(23)19-28-25(30)21-12-9-8-10-13-21/h8-10,12-13,20,22-24H,5-7,11,15-19H2,1-4H3,(H,28,30)/p-1/t20-,22-,23-,24-,26-,34?/m0/s1. The first-order valence-corrected chi connectivity index (χ1v) is 13.8. The minimum atomic E-state index is -1.30. The smallest absolute Gasteiger partial charge is 0.259 e. The second-order valence-corrected chi connectivity index (χ2v) is 10.8. The molecule has 1 aliphatic carbocycles. The third kappa shape index (κ3) is 6.17. The highest BCUT2D eigenvalue weighted by atomic mass is 31.2. The summed E-state index contributed by atoms with van der Waals surface area (Å²) in [4.78, 5) is 4.37. The van der Waals surface area contributed by atoms with E-state index in [1.807, 2.05) is 18.2 Å². The van der Waals surface area contributed by atoms with Crippen molar-refractivity contribution in [1.82, 2.24) is 4.67 Å². The van der Waals surface area contributed by atoms with Crippen LogP contribution in [0.25, 0.3) is 0 Å². The molecule has 1 saturated carbocycles. The maximum absolute atomic E-state index is 12.6. The van der Waals surface area contributed by atoms with Crippen LogP contribution in [0.4, 0.5) is 0 Å². The van der Waals surface area contributed by atoms with Gasteiger partial charge in [-0.2, -0.15) is 5.26 Å². The zero-order valence-corrected chi connectivity index (χ0v) is 21.9. The lowest BCUT2D eigenvalue weighted by Gasteiger charge is -2.35. The third-order valence-electron chi connectivity index (χ3n) is 6.86. The summed E-state index contributed by atoms with van der Waals surface area (Å²) in [5.74, 6) is 0.358. The van der Waals surface area contributed by atoms with Crippen molar-refractivity contribution in [3.05, 3.63) is 35.9 Å². The van der Waals surface area contributed by atoms with Crippen molar-refractivity contribution in [1.29, 1.82) is 5.26 Å². The van der Waals surface area contributed by atoms with Gasteiger partial charge in [0.1, 0.15) is 6.10 Å². The van der Waals surface area contributed by atoms with Crippen LogP contribution in [-0.4, -0.2) is 54.6 Å². The van der Waals surface area contributed by atoms with Crippen molar-refractivity contribution in [2.24, 2.45) is 16.8 Å². The van der Waals surface area contributed by atoms with Gasteiger partial charge >= 0.3 is 0 Å². The lowest BCUT2D eigenvalue weighted by molar-refractivity contribution is -0.213. The molecule has 6 atom stereocenters. The van der Waals surface area contributed by atoms with Crippen LogP contribution in [0.2, 0.25) is 0 Å². The van der Waals surface area contributed by atoms with E-state index in [0.29, 0.717) is 31.1 Å². The molecule has 2 fully saturated rings. The van der Waals surface area contributed by atoms with E-state index in [0.717, 1.165) is 38.8 Å². The van der Waals surface area contributed by atoms with Crippen molar-refractivity contribution < 1.29 is 18.9 Å². The summed E-state index contributed by atoms with van der Waals surface area (Å²) in [5, 5.41) is 21.6. The van der Waals surface area contributed by atoms with Crippen molar-refractivity contribution in [3.8, 4) is 6.07 Å². The fourth-order valence-electron chi connectivity index (χ4n) is 5.34. The van der Waals surface area contributed by atoms with E-state index in [1.165, 1.54) is 0 Å². The van der Waals surface area contributed by atoms with Crippen LogP contribution in [0.3, 0.4) is 0 Å². The first-order chi connectivity index (χ1) is 16.5. The lowest BCUT2D eigenvalue weighted by atomic mass is 9.91. The zero-order chi connectivity index (χ0) is 24.6. The molecule has 8 heteroatoms. The Morgan fingerprint density at radius 1 is 1.26 bits per heavy atom. The summed E-state index contributed by atoms with van der Waals surface area (Å²) in [7, 11) is -1.30. The summed E-state index contributed by atoms with van der Waals surface area (Å²) >= 11 is 0. The van der Waals surface area contributed by atoms with Crippen LogP contribution in [0.15, 0.2) is 35.3 Å². The van der Waals surface area contributed by atoms with Crippen LogP contribution >= 0.6 is 8.53 Å². The second-order valence-electron chi connectivity index (χ2n) is 9.30. The maximum atomic E-state index is 12.6. The van der Waals surface area contributed by atoms with E-state index in [1.54, 1.807) is 12.1 Å². The van der Waals surface area contributed by atoms with Crippen LogP contribution in [0, 0.1) is 23.2 Å². The van der Waals surface area contributed by atoms with Gasteiger partial charge in [-0.3, -0.25) is 4.99 Å². The van der Waals surface area contributed by atoms with E-state index >= 15 is 0 Å². The summed E-state index contributed by atoms with van der Waals surface area (Å²) < 4.78 is 21.9. The molecule has 0 spiro atoms. The molecule has 7 nitrogen and oxygen atoms in total. The Balaban J connectivity index is 1.79. The molecule has 1 aromatic rings. The van der Waals surface area contributed by atoms with Crippen LogP contribution < -0.4 is 5.11 Å². The van der Waals surface area contributed by atoms with E-state index in [9.17, 15) is 5.11 Å². The van der Waals surface area contributed by atoms with E-state index in [4.69, 9.17) is 19.0 Å². The van der Waals surface area contributed by atoms with Gasteiger partial charge in [-0.25, -0.2) is 4.67 Å². The monoisotopic (exact) mass is 488 g/mol. The minimum absolute atomic E-state index is 0.107. The fourth-order valence-corrected chi connectivity index (χ4v) is 7.20. The average Bonchev–Trinajstić information content (AvgIpc) is 3.30. The topological polar surface area (TPSA) is 90.1 Å². The zero-order valence-electron chi connectivity index (χ0n) is 21.0. The van der Waals surface area contributed by atoms with Gasteiger partial charge in [0.05, 0.1) is 37.3 Å². The second kappa shape index (κ2) is 13.0. The van der Waals surface area contributed by atoms with Crippen LogP contribution in [0.5, 0.6) is 0 Å². The largest absolute Gasteiger partial charge is 0.858 e. The molecule has 2 aliphatic rings. The van der Waals surface area contributed by atoms with Gasteiger partial charge in [-0.15, -0.1) is 0 Å². The summed E-state index contributed by atoms with van der Waals surface area (Å²) in [5.41, 5.74) is 0.212. The van der Waals surface area contributed by atoms with Crippen molar-refractivity contribution in [3.63, 3.8) is 0 Å². The molecule has 0 radical (unpaired) electrons. The lowest BCUT2D eigenvalue weighted by Crippen LogP contribution is -2.39. The Morgan fingerprint density at radius 2 is 1.97 bits per heavy atom. The van der Waals surface area contributed by atoms with Gasteiger partial charge in [0, 0.05) is 19.0 Å². The molecule has 0 aromatic heterocycles. The predicted octanol–water partition coefficient (Wildman–Crippen LogP) is 4.66. The summed E-state index contributed by atoms with van der Waals surface area (Å²) in [6.45, 7) is 11.2. The average molecular weight is 489 g/mol. The molecule has 1 aromatic carbocycles. The van der Waals surface area contributed by atoms with Gasteiger partial charge in [0.25, 0.3) is 8.53 Å². The van der Waals surface area contributed by atoms with Crippen molar-refractivity contribution in [2.45, 2.75) is 77.6 Å². The fraction of sp³-hybridized carbons (Fsp3) is 0.692. The number of nitrogens with zero attached hydrogens (tertiary/aromatic N) is 3. The van der Waals surface area contributed by atoms with Crippen LogP contribution in [0.1, 0.15) is 65.4 Å². The van der Waals surface area contributed by atoms with Gasteiger partial charge in [-0.1, -0.05) is 58.0 Å². The molecule has 1 aliphatic heterocycles. The molecule has 1 heterocycles. The number of ether oxygens (including phenoxy) is 1. The molecule has 1 saturated heterocycles. The molecule has 0 amide bonds. The van der Waals surface area contributed by atoms with Crippen LogP contribution in [-0.2, 0) is 13.8 Å². The molecule has 1 unspecified atom stereocenters. The number of rotatable bonds is 14. The Labute approximate surface area is 206 Å². The third-order valence-corrected chi connectivity index (χ3v) is 8.53. The quantitative estimate of drug-likeness (QED) is 0.164. The summed E-state index contributed by atoms with van der Waals surface area (Å²) in [6.07, 6.45) is 3.87. The minimum Gasteiger partial charge on any atom is -0.858 e. The maximum Gasteiger partial charge on any atom is 0.259 e. The first kappa shape index (κ1) is 27.0. The molecule has 188 valence electrons. The number of nitriles is 1. The normalized spacial score (nSPS) is 29.5. The Hall–Kier alpha value is -1.55. The van der Waals surface area contributed by atoms with Gasteiger partial charge in [-0.05, 0) is 43.1 Å². The van der Waals surface area contributed by atoms with Crippen molar-refractivity contribution in [2.75, 3.05) is 26.2 Å². The first-order valence-electron chi connectivity index (χ1n) is 12.7. The molecule has 0 N–H and O–H groups in total. The highest BCUT2D eigenvalue weighted by molar-refractivity contribution is 7.44. The van der Waals surface area contributed by atoms with Gasteiger partial charge in [0.15, 0.2) is 0 Å². The SMILES string of the molecule is CCCN(CCC)P(OCCC#N)O[C@H]1[C@@H]2[C@H](CN=C([O-])c3ccccc3)O[C@@]1(CC)C[C@@H]2C. The molecular formula is C26H39N3O4P-. The predicted molar refractivity (Wildman–Crippen MR) is 133 cm³/mol. The number of hydrogen-bond acceptors (Lipinski definition) is 7. The molecule has 2 bridgehead atoms. The highest BCUT2D eigenvalue weighted by Crippen LogP contribution is 2.59. The number of aliphatic imine (C=N–C) groups is 1. The number of hydrogen-bond donors (Lipinski definition) is 0. The highest BCUT2D eigenvalue weighted by Gasteiger charge is 2.63. The Bertz CT molecular complexity index is 827. The van der Waals surface area contributed by atoms with E-state index in [-0.39, 0.29) is 29.6 Å². The van der Waals surface area contributed by atoms with Gasteiger partial charge in [0.2, 0.25) is 0 Å². The van der Waals surface area contributed by atoms with E-state index < -0.39 is 8.53 Å². The van der Waals surface area contributed by atoms with E-state index in [2.05, 4.69) is 43.4 Å². The molecular weight excluding hydrogens is 449 g/mol. The molecule has 34 heavy (non-hydrogen) atoms. The number of fused-ring (bicyclic) bond motifs is 2. The Morgan fingerprint density at radius 3 is 2.59 bits per heavy atom. The van der Waals surface area contributed by atoms with Gasteiger partial charge < -0.3 is 18.9 Å². The van der Waals surface area contributed by atoms with Crippen molar-refractivity contribution >= 4 is 14.4 Å². The summed E-state index contributed by atoms with van der Waals surface area (Å²) in [6, 6.07) is 11.3.